The molecule has 0 aliphatic carbocycles. The van der Waals surface area contributed by atoms with Crippen LogP contribution in [0.4, 0.5) is 0 Å². The third-order valence-corrected chi connectivity index (χ3v) is 2.93. The van der Waals surface area contributed by atoms with Crippen molar-refractivity contribution < 1.29 is 14.6 Å². The molecule has 0 amide bonds. The second-order valence-electron chi connectivity index (χ2n) is 4.18. The molecule has 19 heavy (non-hydrogen) atoms. The minimum atomic E-state index is 0.120. The SMILES string of the molecule is COc1ccccc1COc1ccccc1CCO. The lowest BCUT2D eigenvalue weighted by atomic mass is 10.1. The van der Waals surface area contributed by atoms with E-state index in [0.29, 0.717) is 13.0 Å². The van der Waals surface area contributed by atoms with Gasteiger partial charge in [0.15, 0.2) is 0 Å². The smallest absolute Gasteiger partial charge is 0.125 e. The number of ether oxygens (including phenoxy) is 2. The zero-order chi connectivity index (χ0) is 13.5. The minimum absolute atomic E-state index is 0.120. The van der Waals surface area contributed by atoms with Gasteiger partial charge in [-0.25, -0.2) is 0 Å². The summed E-state index contributed by atoms with van der Waals surface area (Å²) < 4.78 is 11.1. The van der Waals surface area contributed by atoms with Crippen LogP contribution in [0, 0.1) is 0 Å². The van der Waals surface area contributed by atoms with Gasteiger partial charge < -0.3 is 14.6 Å². The highest BCUT2D eigenvalue weighted by molar-refractivity contribution is 5.36. The molecule has 0 fully saturated rings. The second kappa shape index (κ2) is 6.81. The lowest BCUT2D eigenvalue weighted by Gasteiger charge is -2.12. The fourth-order valence-corrected chi connectivity index (χ4v) is 1.95. The first-order chi connectivity index (χ1) is 9.35. The summed E-state index contributed by atoms with van der Waals surface area (Å²) in [6, 6.07) is 15.5. The van der Waals surface area contributed by atoms with Crippen molar-refractivity contribution in [3.8, 4) is 11.5 Å². The van der Waals surface area contributed by atoms with Crippen LogP contribution in [0.2, 0.25) is 0 Å². The van der Waals surface area contributed by atoms with Crippen LogP contribution in [0.5, 0.6) is 11.5 Å². The molecule has 0 radical (unpaired) electrons. The first-order valence-corrected chi connectivity index (χ1v) is 6.28. The average Bonchev–Trinajstić information content (AvgIpc) is 2.47. The molecule has 1 N–H and O–H groups in total. The number of rotatable bonds is 6. The molecule has 0 bridgehead atoms. The highest BCUT2D eigenvalue weighted by Crippen LogP contribution is 2.23. The van der Waals surface area contributed by atoms with E-state index in [2.05, 4.69) is 0 Å². The highest BCUT2D eigenvalue weighted by Gasteiger charge is 2.05. The summed E-state index contributed by atoms with van der Waals surface area (Å²) in [6.07, 6.45) is 0.599. The summed E-state index contributed by atoms with van der Waals surface area (Å²) in [5.41, 5.74) is 2.02. The molecule has 0 heterocycles. The normalized spacial score (nSPS) is 10.2. The minimum Gasteiger partial charge on any atom is -0.496 e. The van der Waals surface area contributed by atoms with E-state index in [1.54, 1.807) is 7.11 Å². The maximum atomic E-state index is 9.04. The zero-order valence-corrected chi connectivity index (χ0v) is 11.0. The molecular weight excluding hydrogens is 240 g/mol. The quantitative estimate of drug-likeness (QED) is 0.866. The Hall–Kier alpha value is -2.00. The Kier molecular flexibility index (Phi) is 4.81. The number of benzene rings is 2. The summed E-state index contributed by atoms with van der Waals surface area (Å²) >= 11 is 0. The fourth-order valence-electron chi connectivity index (χ4n) is 1.95. The summed E-state index contributed by atoms with van der Waals surface area (Å²) in [6.45, 7) is 0.571. The molecule has 0 aliphatic heterocycles. The molecule has 3 nitrogen and oxygen atoms in total. The van der Waals surface area contributed by atoms with Crippen LogP contribution in [-0.2, 0) is 13.0 Å². The molecule has 3 heteroatoms. The summed E-state index contributed by atoms with van der Waals surface area (Å²) in [4.78, 5) is 0. The zero-order valence-electron chi connectivity index (χ0n) is 11.0. The lowest BCUT2D eigenvalue weighted by Crippen LogP contribution is -2.01. The first-order valence-electron chi connectivity index (χ1n) is 6.28. The molecule has 0 spiro atoms. The van der Waals surface area contributed by atoms with E-state index < -0.39 is 0 Å². The maximum Gasteiger partial charge on any atom is 0.125 e. The number of hydrogen-bond donors (Lipinski definition) is 1. The van der Waals surface area contributed by atoms with Crippen molar-refractivity contribution in [3.63, 3.8) is 0 Å². The molecule has 0 aliphatic rings. The van der Waals surface area contributed by atoms with Gasteiger partial charge in [-0.3, -0.25) is 0 Å². The van der Waals surface area contributed by atoms with Crippen molar-refractivity contribution in [2.45, 2.75) is 13.0 Å². The molecule has 0 saturated carbocycles. The van der Waals surface area contributed by atoms with Crippen LogP contribution in [0.3, 0.4) is 0 Å². The van der Waals surface area contributed by atoms with E-state index >= 15 is 0 Å². The molecule has 0 aromatic heterocycles. The van der Waals surface area contributed by atoms with Gasteiger partial charge in [0.25, 0.3) is 0 Å². The van der Waals surface area contributed by atoms with E-state index in [1.807, 2.05) is 48.5 Å². The number of hydrogen-bond acceptors (Lipinski definition) is 3. The number of aliphatic hydroxyl groups is 1. The van der Waals surface area contributed by atoms with Crippen molar-refractivity contribution in [2.24, 2.45) is 0 Å². The predicted molar refractivity (Wildman–Crippen MR) is 74.6 cm³/mol. The van der Waals surface area contributed by atoms with Crippen LogP contribution in [0.25, 0.3) is 0 Å². The van der Waals surface area contributed by atoms with E-state index in [4.69, 9.17) is 14.6 Å². The molecular formula is C16H18O3. The van der Waals surface area contributed by atoms with Crippen LogP contribution in [0.1, 0.15) is 11.1 Å². The van der Waals surface area contributed by atoms with Crippen molar-refractivity contribution >= 4 is 0 Å². The number of aliphatic hydroxyl groups excluding tert-OH is 1. The van der Waals surface area contributed by atoms with Crippen molar-refractivity contribution in [1.29, 1.82) is 0 Å². The van der Waals surface area contributed by atoms with Crippen LogP contribution >= 0.6 is 0 Å². The van der Waals surface area contributed by atoms with Gasteiger partial charge in [0, 0.05) is 12.2 Å². The van der Waals surface area contributed by atoms with E-state index in [-0.39, 0.29) is 6.61 Å². The van der Waals surface area contributed by atoms with Gasteiger partial charge in [0.05, 0.1) is 7.11 Å². The number of methoxy groups -OCH3 is 1. The molecule has 0 atom stereocenters. The highest BCUT2D eigenvalue weighted by atomic mass is 16.5. The van der Waals surface area contributed by atoms with E-state index in [1.165, 1.54) is 0 Å². The summed E-state index contributed by atoms with van der Waals surface area (Å²) in [5, 5.41) is 9.04. The molecule has 2 aromatic rings. The Bertz CT molecular complexity index is 523. The van der Waals surface area contributed by atoms with Crippen molar-refractivity contribution in [3.05, 3.63) is 59.7 Å². The fraction of sp³-hybridized carbons (Fsp3) is 0.250. The molecule has 0 saturated heterocycles. The Labute approximate surface area is 113 Å². The Morgan fingerprint density at radius 1 is 0.895 bits per heavy atom. The maximum absolute atomic E-state index is 9.04. The third-order valence-electron chi connectivity index (χ3n) is 2.93. The van der Waals surface area contributed by atoms with Crippen LogP contribution < -0.4 is 9.47 Å². The largest absolute Gasteiger partial charge is 0.496 e. The van der Waals surface area contributed by atoms with Gasteiger partial charge in [0.2, 0.25) is 0 Å². The van der Waals surface area contributed by atoms with Gasteiger partial charge in [-0.05, 0) is 24.1 Å². The standard InChI is InChI=1S/C16H18O3/c1-18-15-8-4-3-7-14(15)12-19-16-9-5-2-6-13(16)10-11-17/h2-9,17H,10-12H2,1H3. The van der Waals surface area contributed by atoms with E-state index in [9.17, 15) is 0 Å². The Morgan fingerprint density at radius 3 is 2.21 bits per heavy atom. The van der Waals surface area contributed by atoms with Crippen LogP contribution in [-0.4, -0.2) is 18.8 Å². The van der Waals surface area contributed by atoms with Crippen molar-refractivity contribution in [1.82, 2.24) is 0 Å². The van der Waals surface area contributed by atoms with Gasteiger partial charge >= 0.3 is 0 Å². The monoisotopic (exact) mass is 258 g/mol. The second-order valence-corrected chi connectivity index (χ2v) is 4.18. The van der Waals surface area contributed by atoms with Gasteiger partial charge in [-0.2, -0.15) is 0 Å². The Morgan fingerprint density at radius 2 is 1.53 bits per heavy atom. The van der Waals surface area contributed by atoms with Gasteiger partial charge in [-0.15, -0.1) is 0 Å². The molecule has 2 aromatic carbocycles. The van der Waals surface area contributed by atoms with Gasteiger partial charge in [0.1, 0.15) is 18.1 Å². The Balaban J connectivity index is 2.10. The summed E-state index contributed by atoms with van der Waals surface area (Å²) in [7, 11) is 1.65. The van der Waals surface area contributed by atoms with Crippen molar-refractivity contribution in [2.75, 3.05) is 13.7 Å². The molecule has 2 rings (SSSR count). The van der Waals surface area contributed by atoms with E-state index in [0.717, 1.165) is 22.6 Å². The van der Waals surface area contributed by atoms with Crippen LogP contribution in [0.15, 0.2) is 48.5 Å². The molecule has 0 unspecified atom stereocenters. The first kappa shape index (κ1) is 13.4. The molecule has 100 valence electrons. The summed E-state index contributed by atoms with van der Waals surface area (Å²) in [5.74, 6) is 1.63. The average molecular weight is 258 g/mol. The van der Waals surface area contributed by atoms with Gasteiger partial charge in [-0.1, -0.05) is 36.4 Å². The number of para-hydroxylation sites is 2. The third kappa shape index (κ3) is 3.48. The lowest BCUT2D eigenvalue weighted by molar-refractivity contribution is 0.280. The topological polar surface area (TPSA) is 38.7 Å². The predicted octanol–water partition coefficient (Wildman–Crippen LogP) is 2.81.